The first-order valence-electron chi connectivity index (χ1n) is 8.18. The van der Waals surface area contributed by atoms with E-state index in [1.54, 1.807) is 4.90 Å². The van der Waals surface area contributed by atoms with Gasteiger partial charge in [0.25, 0.3) is 0 Å². The second-order valence-electron chi connectivity index (χ2n) is 6.32. The van der Waals surface area contributed by atoms with Gasteiger partial charge in [-0.2, -0.15) is 0 Å². The minimum Gasteiger partial charge on any atom is -0.371 e. The summed E-state index contributed by atoms with van der Waals surface area (Å²) in [5.41, 5.74) is 1.25. The molecule has 1 aromatic carbocycles. The van der Waals surface area contributed by atoms with Gasteiger partial charge in [0.05, 0.1) is 12.7 Å². The van der Waals surface area contributed by atoms with Gasteiger partial charge in [0.1, 0.15) is 0 Å². The maximum atomic E-state index is 11.6. The normalized spacial score (nSPS) is 22.5. The molecule has 1 amide bonds. The van der Waals surface area contributed by atoms with Crippen LogP contribution in [0.25, 0.3) is 0 Å². The number of carbonyl (C=O) groups is 1. The number of hydrogen-bond acceptors (Lipinski definition) is 3. The number of benzene rings is 1. The maximum Gasteiger partial charge on any atom is 0.222 e. The summed E-state index contributed by atoms with van der Waals surface area (Å²) in [7, 11) is 3.63. The van der Waals surface area contributed by atoms with Gasteiger partial charge in [-0.3, -0.25) is 9.69 Å². The maximum absolute atomic E-state index is 11.6. The molecule has 0 bridgehead atoms. The fourth-order valence-corrected chi connectivity index (χ4v) is 2.80. The van der Waals surface area contributed by atoms with Crippen molar-refractivity contribution >= 4 is 5.91 Å². The van der Waals surface area contributed by atoms with Gasteiger partial charge >= 0.3 is 0 Å². The van der Waals surface area contributed by atoms with E-state index in [0.717, 1.165) is 32.5 Å². The highest BCUT2D eigenvalue weighted by Gasteiger charge is 2.26. The molecule has 122 valence electrons. The number of unbranched alkanes of at least 4 members (excludes halogenated alkanes) is 1. The van der Waals surface area contributed by atoms with E-state index in [-0.39, 0.29) is 12.0 Å². The SMILES string of the molecule is CC1COC(c2ccccc2)CN1CCCCC(=O)N(C)C. The van der Waals surface area contributed by atoms with Gasteiger partial charge in [-0.15, -0.1) is 0 Å². The first-order chi connectivity index (χ1) is 10.6. The molecule has 1 aliphatic heterocycles. The van der Waals surface area contributed by atoms with E-state index >= 15 is 0 Å². The van der Waals surface area contributed by atoms with Gasteiger partial charge in [0.15, 0.2) is 0 Å². The average molecular weight is 304 g/mol. The molecule has 1 aliphatic rings. The monoisotopic (exact) mass is 304 g/mol. The van der Waals surface area contributed by atoms with Crippen LogP contribution in [0.2, 0.25) is 0 Å². The van der Waals surface area contributed by atoms with Crippen molar-refractivity contribution in [3.05, 3.63) is 35.9 Å². The van der Waals surface area contributed by atoms with E-state index < -0.39 is 0 Å². The minimum atomic E-state index is 0.167. The molecule has 4 heteroatoms. The quantitative estimate of drug-likeness (QED) is 0.758. The molecule has 0 radical (unpaired) electrons. The van der Waals surface area contributed by atoms with Gasteiger partial charge in [0, 0.05) is 33.1 Å². The van der Waals surface area contributed by atoms with E-state index in [9.17, 15) is 4.79 Å². The predicted molar refractivity (Wildman–Crippen MR) is 88.7 cm³/mol. The molecule has 1 aromatic rings. The summed E-state index contributed by atoms with van der Waals surface area (Å²) < 4.78 is 5.98. The topological polar surface area (TPSA) is 32.8 Å². The van der Waals surface area contributed by atoms with Crippen molar-refractivity contribution in [3.63, 3.8) is 0 Å². The van der Waals surface area contributed by atoms with Crippen LogP contribution in [0, 0.1) is 0 Å². The van der Waals surface area contributed by atoms with Gasteiger partial charge in [0.2, 0.25) is 5.91 Å². The Hall–Kier alpha value is -1.39. The summed E-state index contributed by atoms with van der Waals surface area (Å²) in [5.74, 6) is 0.220. The van der Waals surface area contributed by atoms with Crippen LogP contribution in [0.15, 0.2) is 30.3 Å². The number of carbonyl (C=O) groups excluding carboxylic acids is 1. The van der Waals surface area contributed by atoms with Gasteiger partial charge in [-0.25, -0.2) is 0 Å². The third kappa shape index (κ3) is 4.82. The molecule has 0 saturated carbocycles. The highest BCUT2D eigenvalue weighted by Crippen LogP contribution is 2.24. The lowest BCUT2D eigenvalue weighted by Gasteiger charge is -2.38. The van der Waals surface area contributed by atoms with Crippen molar-refractivity contribution < 1.29 is 9.53 Å². The largest absolute Gasteiger partial charge is 0.371 e. The Morgan fingerprint density at radius 1 is 1.27 bits per heavy atom. The van der Waals surface area contributed by atoms with Crippen molar-refractivity contribution in [2.24, 2.45) is 0 Å². The van der Waals surface area contributed by atoms with Crippen LogP contribution in [0.1, 0.15) is 37.9 Å². The number of rotatable bonds is 6. The molecule has 2 unspecified atom stereocenters. The van der Waals surface area contributed by atoms with Crippen molar-refractivity contribution in [1.82, 2.24) is 9.80 Å². The lowest BCUT2D eigenvalue weighted by atomic mass is 10.1. The Labute approximate surface area is 134 Å². The van der Waals surface area contributed by atoms with Crippen LogP contribution in [-0.2, 0) is 9.53 Å². The molecule has 4 nitrogen and oxygen atoms in total. The minimum absolute atomic E-state index is 0.167. The smallest absolute Gasteiger partial charge is 0.222 e. The third-order valence-electron chi connectivity index (χ3n) is 4.32. The number of ether oxygens (including phenoxy) is 1. The molecule has 0 aromatic heterocycles. The van der Waals surface area contributed by atoms with E-state index in [2.05, 4.69) is 36.1 Å². The van der Waals surface area contributed by atoms with Crippen molar-refractivity contribution in [1.29, 1.82) is 0 Å². The van der Waals surface area contributed by atoms with E-state index in [0.29, 0.717) is 12.5 Å². The van der Waals surface area contributed by atoms with Crippen LogP contribution in [0.3, 0.4) is 0 Å². The van der Waals surface area contributed by atoms with Crippen molar-refractivity contribution in [2.45, 2.75) is 38.3 Å². The lowest BCUT2D eigenvalue weighted by molar-refractivity contribution is -0.128. The van der Waals surface area contributed by atoms with Gasteiger partial charge in [-0.05, 0) is 31.9 Å². The van der Waals surface area contributed by atoms with Crippen molar-refractivity contribution in [3.8, 4) is 0 Å². The van der Waals surface area contributed by atoms with Crippen LogP contribution in [0.5, 0.6) is 0 Å². The number of amides is 1. The second-order valence-corrected chi connectivity index (χ2v) is 6.32. The molecule has 1 saturated heterocycles. The number of morpholine rings is 1. The number of nitrogens with zero attached hydrogens (tertiary/aromatic N) is 2. The Morgan fingerprint density at radius 3 is 2.68 bits per heavy atom. The zero-order valence-corrected chi connectivity index (χ0v) is 14.0. The fourth-order valence-electron chi connectivity index (χ4n) is 2.80. The second kappa shape index (κ2) is 8.30. The molecule has 0 spiro atoms. The molecule has 0 aliphatic carbocycles. The summed E-state index contributed by atoms with van der Waals surface area (Å²) in [5, 5.41) is 0. The van der Waals surface area contributed by atoms with E-state index in [4.69, 9.17) is 4.74 Å². The Bertz CT molecular complexity index is 461. The Morgan fingerprint density at radius 2 is 2.00 bits per heavy atom. The highest BCUT2D eigenvalue weighted by molar-refractivity contribution is 5.75. The lowest BCUT2D eigenvalue weighted by Crippen LogP contribution is -2.45. The highest BCUT2D eigenvalue weighted by atomic mass is 16.5. The Kier molecular flexibility index (Phi) is 6.40. The van der Waals surface area contributed by atoms with E-state index in [1.807, 2.05) is 20.2 Å². The van der Waals surface area contributed by atoms with E-state index in [1.165, 1.54) is 5.56 Å². The van der Waals surface area contributed by atoms with Crippen LogP contribution in [-0.4, -0.2) is 55.5 Å². The molecule has 1 heterocycles. The van der Waals surface area contributed by atoms with Crippen LogP contribution < -0.4 is 0 Å². The molecular weight excluding hydrogens is 276 g/mol. The van der Waals surface area contributed by atoms with Crippen LogP contribution >= 0.6 is 0 Å². The summed E-state index contributed by atoms with van der Waals surface area (Å²) in [6.45, 7) is 4.96. The summed E-state index contributed by atoms with van der Waals surface area (Å²) in [4.78, 5) is 15.7. The Balaban J connectivity index is 1.78. The number of hydrogen-bond donors (Lipinski definition) is 0. The first-order valence-corrected chi connectivity index (χ1v) is 8.18. The van der Waals surface area contributed by atoms with Crippen molar-refractivity contribution in [2.75, 3.05) is 33.8 Å². The summed E-state index contributed by atoms with van der Waals surface area (Å²) >= 11 is 0. The summed E-state index contributed by atoms with van der Waals surface area (Å²) in [6.07, 6.45) is 2.83. The fraction of sp³-hybridized carbons (Fsp3) is 0.611. The molecule has 1 fully saturated rings. The predicted octanol–water partition coefficient (Wildman–Crippen LogP) is 2.71. The van der Waals surface area contributed by atoms with Gasteiger partial charge < -0.3 is 9.64 Å². The van der Waals surface area contributed by atoms with Crippen LogP contribution in [0.4, 0.5) is 0 Å². The zero-order valence-electron chi connectivity index (χ0n) is 14.0. The molecular formula is C18H28N2O2. The molecule has 2 atom stereocenters. The summed E-state index contributed by atoms with van der Waals surface area (Å²) in [6, 6.07) is 10.9. The molecule has 22 heavy (non-hydrogen) atoms. The molecule has 2 rings (SSSR count). The zero-order chi connectivity index (χ0) is 15.9. The average Bonchev–Trinajstić information content (AvgIpc) is 2.53. The van der Waals surface area contributed by atoms with Gasteiger partial charge in [-0.1, -0.05) is 30.3 Å². The third-order valence-corrected chi connectivity index (χ3v) is 4.32. The standard InChI is InChI=1S/C18H28N2O2/c1-15-14-22-17(16-9-5-4-6-10-16)13-20(15)12-8-7-11-18(21)19(2)3/h4-6,9-10,15,17H,7-8,11-14H2,1-3H3. The first kappa shape index (κ1) is 17.0. The molecule has 0 N–H and O–H groups in total.